The Kier molecular flexibility index (Phi) is 11.5. The SMILES string of the molecule is COC(=O)C[C@H](N)C(=O)N(c1ccccc1)[C@@](C(C)=O)(C(=O)OC)N1C(=O)NC(c2ccc(C(=O)OCc3ccccc3)cc2N=C(N)N)C1=O. The Balaban J connectivity index is 1.84. The molecule has 1 fully saturated rings. The van der Waals surface area contributed by atoms with Gasteiger partial charge in [-0.05, 0) is 36.8 Å². The molecule has 51 heavy (non-hydrogen) atoms. The summed E-state index contributed by atoms with van der Waals surface area (Å²) in [5.74, 6) is -7.29. The van der Waals surface area contributed by atoms with E-state index < -0.39 is 71.7 Å². The molecule has 4 rings (SSSR count). The molecule has 7 N–H and O–H groups in total. The van der Waals surface area contributed by atoms with Gasteiger partial charge in [0.2, 0.25) is 5.91 Å². The van der Waals surface area contributed by atoms with Gasteiger partial charge in [-0.25, -0.2) is 24.3 Å². The van der Waals surface area contributed by atoms with Gasteiger partial charge in [0, 0.05) is 11.3 Å². The lowest BCUT2D eigenvalue weighted by Gasteiger charge is -2.44. The number of aliphatic imine (C=N–C) groups is 1. The van der Waals surface area contributed by atoms with Crippen molar-refractivity contribution >= 4 is 58.9 Å². The third kappa shape index (κ3) is 7.52. The number of urea groups is 1. The fraction of sp³-hybridized carbons (Fsp3) is 0.235. The quantitative estimate of drug-likeness (QED) is 0.0484. The Labute approximate surface area is 291 Å². The number of methoxy groups -OCH3 is 2. The van der Waals surface area contributed by atoms with Crippen molar-refractivity contribution in [3.05, 3.63) is 95.6 Å². The highest BCUT2D eigenvalue weighted by molar-refractivity contribution is 6.24. The number of ketones is 1. The van der Waals surface area contributed by atoms with E-state index in [2.05, 4.69) is 15.0 Å². The van der Waals surface area contributed by atoms with Crippen molar-refractivity contribution in [2.75, 3.05) is 19.1 Å². The number of hydrogen-bond donors (Lipinski definition) is 4. The first-order valence-corrected chi connectivity index (χ1v) is 15.2. The van der Waals surface area contributed by atoms with Gasteiger partial charge in [-0.3, -0.25) is 24.1 Å². The van der Waals surface area contributed by atoms with E-state index in [-0.39, 0.29) is 34.0 Å². The number of nitrogens with zero attached hydrogens (tertiary/aromatic N) is 3. The van der Waals surface area contributed by atoms with E-state index in [1.807, 2.05) is 0 Å². The van der Waals surface area contributed by atoms with Gasteiger partial charge in [0.25, 0.3) is 11.6 Å². The summed E-state index contributed by atoms with van der Waals surface area (Å²) in [7, 11) is 1.94. The van der Waals surface area contributed by atoms with E-state index >= 15 is 0 Å². The Morgan fingerprint density at radius 3 is 2.14 bits per heavy atom. The first-order valence-electron chi connectivity index (χ1n) is 15.2. The van der Waals surface area contributed by atoms with E-state index in [4.69, 9.17) is 26.7 Å². The predicted octanol–water partition coefficient (Wildman–Crippen LogP) is 0.923. The number of rotatable bonds is 13. The summed E-state index contributed by atoms with van der Waals surface area (Å²) in [6.45, 7) is 0.812. The van der Waals surface area contributed by atoms with Crippen LogP contribution in [0.5, 0.6) is 0 Å². The van der Waals surface area contributed by atoms with Gasteiger partial charge in [-0.2, -0.15) is 0 Å². The maximum atomic E-state index is 14.4. The molecule has 0 spiro atoms. The molecule has 3 aromatic rings. The van der Waals surface area contributed by atoms with Crippen LogP contribution in [0, 0.1) is 0 Å². The van der Waals surface area contributed by atoms with E-state index in [1.165, 1.54) is 42.5 Å². The highest BCUT2D eigenvalue weighted by Gasteiger charge is 2.65. The number of anilines is 1. The normalized spacial score (nSPS) is 15.5. The molecule has 4 amide bonds. The lowest BCUT2D eigenvalue weighted by Crippen LogP contribution is -2.74. The number of carbonyl (C=O) groups is 7. The molecule has 1 aliphatic rings. The van der Waals surface area contributed by atoms with Crippen LogP contribution in [0.25, 0.3) is 0 Å². The molecule has 1 aliphatic heterocycles. The number of hydrogen-bond acceptors (Lipinski definition) is 12. The van der Waals surface area contributed by atoms with E-state index in [1.54, 1.807) is 36.4 Å². The van der Waals surface area contributed by atoms with Crippen LogP contribution >= 0.6 is 0 Å². The maximum absolute atomic E-state index is 14.4. The maximum Gasteiger partial charge on any atom is 0.362 e. The molecule has 3 atom stereocenters. The highest BCUT2D eigenvalue weighted by atomic mass is 16.5. The Hall–Kier alpha value is -6.62. The van der Waals surface area contributed by atoms with Crippen LogP contribution in [0.1, 0.15) is 40.9 Å². The number of para-hydroxylation sites is 1. The molecule has 266 valence electrons. The van der Waals surface area contributed by atoms with Crippen LogP contribution in [-0.2, 0) is 44.8 Å². The van der Waals surface area contributed by atoms with Crippen LogP contribution in [0.2, 0.25) is 0 Å². The second-order valence-corrected chi connectivity index (χ2v) is 11.0. The summed E-state index contributed by atoms with van der Waals surface area (Å²) in [6.07, 6.45) is -0.696. The Bertz CT molecular complexity index is 1880. The molecule has 1 heterocycles. The molecular weight excluding hydrogens is 666 g/mol. The smallest absolute Gasteiger partial charge is 0.362 e. The van der Waals surface area contributed by atoms with Crippen LogP contribution in [0.3, 0.4) is 0 Å². The van der Waals surface area contributed by atoms with Crippen LogP contribution in [-0.4, -0.2) is 78.3 Å². The topological polar surface area (TPSA) is 256 Å². The molecule has 0 aliphatic carbocycles. The summed E-state index contributed by atoms with van der Waals surface area (Å²) < 4.78 is 15.0. The van der Waals surface area contributed by atoms with Crippen molar-refractivity contribution < 1.29 is 47.8 Å². The second-order valence-electron chi connectivity index (χ2n) is 11.0. The monoisotopic (exact) mass is 701 g/mol. The van der Waals surface area contributed by atoms with E-state index in [0.717, 1.165) is 26.7 Å². The van der Waals surface area contributed by atoms with Gasteiger partial charge in [-0.1, -0.05) is 54.6 Å². The summed E-state index contributed by atoms with van der Waals surface area (Å²) in [6, 6.07) is 15.0. The number of nitrogens with two attached hydrogens (primary N) is 3. The first kappa shape index (κ1) is 37.2. The summed E-state index contributed by atoms with van der Waals surface area (Å²) >= 11 is 0. The molecule has 3 aromatic carbocycles. The van der Waals surface area contributed by atoms with Crippen molar-refractivity contribution in [3.63, 3.8) is 0 Å². The summed E-state index contributed by atoms with van der Waals surface area (Å²) in [4.78, 5) is 99.8. The number of guanidine groups is 1. The van der Waals surface area contributed by atoms with Gasteiger partial charge >= 0.3 is 23.9 Å². The molecule has 0 radical (unpaired) electrons. The lowest BCUT2D eigenvalue weighted by molar-refractivity contribution is -0.163. The van der Waals surface area contributed by atoms with E-state index in [0.29, 0.717) is 4.90 Å². The zero-order valence-electron chi connectivity index (χ0n) is 27.7. The fourth-order valence-corrected chi connectivity index (χ4v) is 5.40. The summed E-state index contributed by atoms with van der Waals surface area (Å²) in [5.41, 5.74) is 14.6. The minimum absolute atomic E-state index is 0.0172. The average molecular weight is 702 g/mol. The van der Waals surface area contributed by atoms with Crippen molar-refractivity contribution in [3.8, 4) is 0 Å². The Morgan fingerprint density at radius 2 is 1.57 bits per heavy atom. The van der Waals surface area contributed by atoms with Gasteiger partial charge in [0.1, 0.15) is 12.6 Å². The van der Waals surface area contributed by atoms with Gasteiger partial charge in [-0.15, -0.1) is 0 Å². The lowest BCUT2D eigenvalue weighted by atomic mass is 9.96. The molecule has 17 nitrogen and oxygen atoms in total. The molecule has 0 aromatic heterocycles. The largest absolute Gasteiger partial charge is 0.469 e. The van der Waals surface area contributed by atoms with Gasteiger partial charge in [0.05, 0.1) is 37.9 Å². The number of esters is 3. The first-order chi connectivity index (χ1) is 24.3. The van der Waals surface area contributed by atoms with Crippen molar-refractivity contribution in [2.45, 2.75) is 37.7 Å². The van der Waals surface area contributed by atoms with Crippen molar-refractivity contribution in [2.24, 2.45) is 22.2 Å². The number of carbonyl (C=O) groups excluding carboxylic acids is 7. The third-order valence-electron chi connectivity index (χ3n) is 7.75. The molecule has 0 bridgehead atoms. The van der Waals surface area contributed by atoms with Crippen molar-refractivity contribution in [1.29, 1.82) is 0 Å². The van der Waals surface area contributed by atoms with Crippen LogP contribution in [0.4, 0.5) is 16.2 Å². The van der Waals surface area contributed by atoms with Crippen LogP contribution < -0.4 is 27.4 Å². The minimum Gasteiger partial charge on any atom is -0.469 e. The molecule has 1 saturated heterocycles. The standard InChI is InChI=1S/C34H35N7O10/c1-19(42)34(31(47)50-3,40(22-12-8-5-9-13-22)28(44)24(35)17-26(43)49-2)41-29(45)27(39-33(41)48)23-15-14-21(16-25(23)38-32(36)37)30(46)51-18-20-10-6-4-7-11-20/h4-16,24,27H,17-18,35H2,1-3H3,(H,39,48)(H4,36,37,38)/t24-,27?,34+/m0/s1. The van der Waals surface area contributed by atoms with Gasteiger partial charge < -0.3 is 36.7 Å². The van der Waals surface area contributed by atoms with E-state index in [9.17, 15) is 33.6 Å². The average Bonchev–Trinajstić information content (AvgIpc) is 3.41. The zero-order valence-corrected chi connectivity index (χ0v) is 27.7. The molecule has 1 unspecified atom stereocenters. The van der Waals surface area contributed by atoms with Crippen LogP contribution in [0.15, 0.2) is 83.9 Å². The molecule has 17 heteroatoms. The number of amides is 4. The number of Topliss-reactive ketones (excluding diaryl/α,β-unsaturated/α-hetero) is 1. The van der Waals surface area contributed by atoms with Gasteiger partial charge in [0.15, 0.2) is 11.7 Å². The highest BCUT2D eigenvalue weighted by Crippen LogP contribution is 2.38. The number of benzene rings is 3. The zero-order chi connectivity index (χ0) is 37.5. The number of nitrogens with one attached hydrogen (secondary N) is 1. The Morgan fingerprint density at radius 1 is 0.941 bits per heavy atom. The number of ether oxygens (including phenoxy) is 3. The fourth-order valence-electron chi connectivity index (χ4n) is 5.40. The number of imide groups is 1. The minimum atomic E-state index is -3.13. The predicted molar refractivity (Wildman–Crippen MR) is 180 cm³/mol. The summed E-state index contributed by atoms with van der Waals surface area (Å²) in [5, 5.41) is 2.40. The van der Waals surface area contributed by atoms with Crippen molar-refractivity contribution in [1.82, 2.24) is 10.2 Å². The second kappa shape index (κ2) is 15.7. The third-order valence-corrected chi connectivity index (χ3v) is 7.75. The molecule has 0 saturated carbocycles. The molecular formula is C34H35N7O10.